The zero-order valence-corrected chi connectivity index (χ0v) is 16.9. The Morgan fingerprint density at radius 2 is 1.37 bits per heavy atom. The fraction of sp³-hybridized carbons (Fsp3) is 0.381. The highest BCUT2D eigenvalue weighted by atomic mass is 28.4. The summed E-state index contributed by atoms with van der Waals surface area (Å²) in [4.78, 5) is 10.7. The summed E-state index contributed by atoms with van der Waals surface area (Å²) in [6.45, 7) is 6.10. The third-order valence-electron chi connectivity index (χ3n) is 4.77. The molecule has 0 saturated carbocycles. The second kappa shape index (κ2) is 8.90. The van der Waals surface area contributed by atoms with Crippen LogP contribution in [0.1, 0.15) is 20.8 Å². The molecule has 0 fully saturated rings. The van der Waals surface area contributed by atoms with Crippen LogP contribution in [0.3, 0.4) is 0 Å². The first kappa shape index (κ1) is 21.5. The van der Waals surface area contributed by atoms with Gasteiger partial charge in [0.1, 0.15) is 18.3 Å². The Bertz CT molecular complexity index is 675. The Kier molecular flexibility index (Phi) is 7.08. The Balaban J connectivity index is 2.48. The molecular weight excluding hydrogens is 360 g/mol. The number of hydrogen-bond donors (Lipinski definition) is 3. The van der Waals surface area contributed by atoms with Gasteiger partial charge in [0.2, 0.25) is 0 Å². The average molecular weight is 389 g/mol. The van der Waals surface area contributed by atoms with Crippen LogP contribution in [0.25, 0.3) is 0 Å². The molecule has 2 aromatic carbocycles. The minimum atomic E-state index is -2.84. The minimum Gasteiger partial charge on any atom is -0.405 e. The third-order valence-corrected chi connectivity index (χ3v) is 9.78. The summed E-state index contributed by atoms with van der Waals surface area (Å²) in [6.07, 6.45) is -4.42. The molecular formula is C21H28O5Si. The summed E-state index contributed by atoms with van der Waals surface area (Å²) < 4.78 is 6.45. The van der Waals surface area contributed by atoms with Gasteiger partial charge in [0, 0.05) is 0 Å². The van der Waals surface area contributed by atoms with Gasteiger partial charge in [-0.15, -0.1) is 0 Å². The fourth-order valence-corrected chi connectivity index (χ4v) is 7.95. The average Bonchev–Trinajstić information content (AvgIpc) is 2.67. The molecule has 6 heteroatoms. The molecule has 27 heavy (non-hydrogen) atoms. The number of aliphatic hydroxyl groups excluding tert-OH is 3. The van der Waals surface area contributed by atoms with E-state index >= 15 is 0 Å². The van der Waals surface area contributed by atoms with Gasteiger partial charge in [-0.05, 0) is 15.4 Å². The van der Waals surface area contributed by atoms with E-state index in [2.05, 4.69) is 20.8 Å². The van der Waals surface area contributed by atoms with Crippen molar-refractivity contribution >= 4 is 25.0 Å². The third kappa shape index (κ3) is 4.54. The number of carbonyl (C=O) groups is 1. The Labute approximate surface area is 161 Å². The quantitative estimate of drug-likeness (QED) is 0.461. The van der Waals surface area contributed by atoms with E-state index in [9.17, 15) is 20.1 Å². The van der Waals surface area contributed by atoms with Gasteiger partial charge in [-0.3, -0.25) is 0 Å². The zero-order valence-electron chi connectivity index (χ0n) is 15.9. The lowest BCUT2D eigenvalue weighted by Gasteiger charge is -2.43. The summed E-state index contributed by atoms with van der Waals surface area (Å²) in [6, 6.07) is 19.8. The molecule has 146 valence electrons. The van der Waals surface area contributed by atoms with E-state index < -0.39 is 26.6 Å². The normalized spacial score (nSPS) is 15.8. The van der Waals surface area contributed by atoms with E-state index in [4.69, 9.17) is 4.43 Å². The molecule has 2 rings (SSSR count). The SMILES string of the molecule is CC(C)(C)[Si](OC[C@@H](O)[C@@H](O)[C@H](O)C=O)(c1ccccc1)c1ccccc1. The molecule has 0 bridgehead atoms. The molecule has 0 aliphatic heterocycles. The van der Waals surface area contributed by atoms with Crippen molar-refractivity contribution < 1.29 is 24.5 Å². The van der Waals surface area contributed by atoms with E-state index in [0.717, 1.165) is 10.4 Å². The second-order valence-corrected chi connectivity index (χ2v) is 12.0. The van der Waals surface area contributed by atoms with Crippen molar-refractivity contribution in [3.05, 3.63) is 60.7 Å². The first-order valence-electron chi connectivity index (χ1n) is 8.98. The van der Waals surface area contributed by atoms with Crippen molar-refractivity contribution in [2.45, 2.75) is 44.1 Å². The van der Waals surface area contributed by atoms with Gasteiger partial charge in [-0.2, -0.15) is 0 Å². The van der Waals surface area contributed by atoms with Gasteiger partial charge in [-0.1, -0.05) is 81.4 Å². The minimum absolute atomic E-state index is 0.195. The topological polar surface area (TPSA) is 87.0 Å². The lowest BCUT2D eigenvalue weighted by atomic mass is 10.1. The number of rotatable bonds is 8. The number of benzene rings is 2. The predicted octanol–water partition coefficient (Wildman–Crippen LogP) is 0.845. The highest BCUT2D eigenvalue weighted by Gasteiger charge is 2.50. The maximum atomic E-state index is 10.7. The molecule has 0 heterocycles. The number of aliphatic hydroxyl groups is 3. The fourth-order valence-electron chi connectivity index (χ4n) is 3.38. The molecule has 2 aromatic rings. The monoisotopic (exact) mass is 388 g/mol. The van der Waals surface area contributed by atoms with E-state index in [-0.39, 0.29) is 17.9 Å². The summed E-state index contributed by atoms with van der Waals surface area (Å²) in [5, 5.41) is 31.5. The molecule has 0 radical (unpaired) electrons. The Morgan fingerprint density at radius 1 is 0.926 bits per heavy atom. The molecule has 0 saturated heterocycles. The van der Waals surface area contributed by atoms with Crippen molar-refractivity contribution in [1.82, 2.24) is 0 Å². The van der Waals surface area contributed by atoms with Crippen molar-refractivity contribution in [1.29, 1.82) is 0 Å². The van der Waals surface area contributed by atoms with Crippen LogP contribution < -0.4 is 10.4 Å². The summed E-state index contributed by atoms with van der Waals surface area (Å²) in [5.41, 5.74) is 0. The van der Waals surface area contributed by atoms with E-state index in [1.165, 1.54) is 0 Å². The van der Waals surface area contributed by atoms with E-state index in [0.29, 0.717) is 0 Å². The van der Waals surface area contributed by atoms with Crippen LogP contribution in [0.4, 0.5) is 0 Å². The molecule has 0 aliphatic carbocycles. The van der Waals surface area contributed by atoms with Gasteiger partial charge < -0.3 is 24.5 Å². The Morgan fingerprint density at radius 3 is 1.74 bits per heavy atom. The smallest absolute Gasteiger partial charge is 0.261 e. The number of carbonyl (C=O) groups excluding carboxylic acids is 1. The van der Waals surface area contributed by atoms with Gasteiger partial charge in [-0.25, -0.2) is 0 Å². The lowest BCUT2D eigenvalue weighted by molar-refractivity contribution is -0.127. The molecule has 0 spiro atoms. The zero-order chi connectivity index (χ0) is 20.1. The first-order chi connectivity index (χ1) is 12.7. The molecule has 0 aromatic heterocycles. The maximum absolute atomic E-state index is 10.7. The van der Waals surface area contributed by atoms with Crippen molar-refractivity contribution in [3.63, 3.8) is 0 Å². The number of aldehydes is 1. The molecule has 3 N–H and O–H groups in total. The molecule has 5 nitrogen and oxygen atoms in total. The van der Waals surface area contributed by atoms with Crippen molar-refractivity contribution in [2.75, 3.05) is 6.61 Å². The first-order valence-corrected chi connectivity index (χ1v) is 10.9. The van der Waals surface area contributed by atoms with E-state index in [1.807, 2.05) is 60.7 Å². The standard InChI is InChI=1S/C21H28O5Si/c1-21(2,3)27(16-10-6-4-7-11-16,17-12-8-5-9-13-17)26-15-19(24)20(25)18(23)14-22/h4-14,18-20,23-25H,15H2,1-3H3/t18-,19-,20+/m1/s1. The van der Waals surface area contributed by atoms with Gasteiger partial charge in [0.25, 0.3) is 8.32 Å². The highest BCUT2D eigenvalue weighted by molar-refractivity contribution is 6.99. The van der Waals surface area contributed by atoms with Gasteiger partial charge in [0.05, 0.1) is 6.61 Å². The summed E-state index contributed by atoms with van der Waals surface area (Å²) >= 11 is 0. The maximum Gasteiger partial charge on any atom is 0.261 e. The van der Waals surface area contributed by atoms with Crippen LogP contribution in [0.15, 0.2) is 60.7 Å². The molecule has 0 amide bonds. The lowest BCUT2D eigenvalue weighted by Crippen LogP contribution is -2.67. The van der Waals surface area contributed by atoms with Gasteiger partial charge in [0.15, 0.2) is 6.29 Å². The van der Waals surface area contributed by atoms with Crippen molar-refractivity contribution in [3.8, 4) is 0 Å². The molecule has 0 unspecified atom stereocenters. The van der Waals surface area contributed by atoms with Crippen LogP contribution in [0.2, 0.25) is 5.04 Å². The van der Waals surface area contributed by atoms with Gasteiger partial charge >= 0.3 is 0 Å². The molecule has 3 atom stereocenters. The van der Waals surface area contributed by atoms with Crippen LogP contribution in [0.5, 0.6) is 0 Å². The van der Waals surface area contributed by atoms with Crippen LogP contribution in [0, 0.1) is 0 Å². The number of hydrogen-bond acceptors (Lipinski definition) is 5. The van der Waals surface area contributed by atoms with E-state index in [1.54, 1.807) is 0 Å². The van der Waals surface area contributed by atoms with Crippen LogP contribution in [-0.2, 0) is 9.22 Å². The highest BCUT2D eigenvalue weighted by Crippen LogP contribution is 2.36. The summed E-state index contributed by atoms with van der Waals surface area (Å²) in [7, 11) is -2.84. The van der Waals surface area contributed by atoms with Crippen LogP contribution in [-0.4, -0.2) is 54.8 Å². The van der Waals surface area contributed by atoms with Crippen molar-refractivity contribution in [2.24, 2.45) is 0 Å². The molecule has 0 aliphatic rings. The second-order valence-electron chi connectivity index (χ2n) is 7.66. The Hall–Kier alpha value is -1.83. The predicted molar refractivity (Wildman–Crippen MR) is 108 cm³/mol. The van der Waals surface area contributed by atoms with Crippen LogP contribution >= 0.6 is 0 Å². The largest absolute Gasteiger partial charge is 0.405 e. The summed E-state index contributed by atoms with van der Waals surface area (Å²) in [5.74, 6) is 0.